The lowest BCUT2D eigenvalue weighted by Gasteiger charge is -2.18. The summed E-state index contributed by atoms with van der Waals surface area (Å²) in [5.74, 6) is -0.738. The van der Waals surface area contributed by atoms with Crippen molar-refractivity contribution in [3.8, 4) is 5.82 Å². The lowest BCUT2D eigenvalue weighted by molar-refractivity contribution is -0.144. The third kappa shape index (κ3) is 4.31. The molecule has 0 bridgehead atoms. The van der Waals surface area contributed by atoms with Gasteiger partial charge in [0.15, 0.2) is 11.5 Å². The Hall–Kier alpha value is -3.84. The van der Waals surface area contributed by atoms with Gasteiger partial charge >= 0.3 is 6.18 Å². The predicted molar refractivity (Wildman–Crippen MR) is 130 cm³/mol. The highest BCUT2D eigenvalue weighted by atomic mass is 19.4. The zero-order valence-corrected chi connectivity index (χ0v) is 20.0. The standard InChI is InChI=1S/C25H23F4N7O2/c26-18-3-4-19(33-20(18)24(13-37)6-7-24)36-21-17(22(38)35(36)12-25(27,28)29)11-31-23(34-21)32-16-2-1-14-5-8-30-10-15(14)9-16/h1-4,9,11,30,37H,5-8,10,12-13H2,(H,31,32,34). The molecule has 3 aromatic heterocycles. The summed E-state index contributed by atoms with van der Waals surface area (Å²) in [5.41, 5.74) is 0.989. The van der Waals surface area contributed by atoms with Crippen molar-refractivity contribution in [3.05, 3.63) is 69.5 Å². The van der Waals surface area contributed by atoms with E-state index in [9.17, 15) is 27.5 Å². The molecule has 0 amide bonds. The number of benzene rings is 1. The Bertz CT molecular complexity index is 1610. The van der Waals surface area contributed by atoms with Crippen LogP contribution in [0.1, 0.15) is 29.7 Å². The monoisotopic (exact) mass is 529 g/mol. The minimum Gasteiger partial charge on any atom is -0.395 e. The molecule has 198 valence electrons. The van der Waals surface area contributed by atoms with Crippen LogP contribution in [0.3, 0.4) is 0 Å². The van der Waals surface area contributed by atoms with E-state index in [0.717, 1.165) is 35.5 Å². The van der Waals surface area contributed by atoms with Gasteiger partial charge in [0.05, 0.1) is 12.3 Å². The van der Waals surface area contributed by atoms with E-state index in [1.54, 1.807) is 0 Å². The van der Waals surface area contributed by atoms with E-state index in [-0.39, 0.29) is 35.1 Å². The van der Waals surface area contributed by atoms with Crippen LogP contribution < -0.4 is 16.2 Å². The molecule has 2 aliphatic rings. The Morgan fingerprint density at radius 2 is 1.95 bits per heavy atom. The Kier molecular flexibility index (Phi) is 5.72. The Morgan fingerprint density at radius 3 is 2.68 bits per heavy atom. The fraction of sp³-hybridized carbons (Fsp3) is 0.360. The van der Waals surface area contributed by atoms with Crippen molar-refractivity contribution >= 4 is 22.7 Å². The highest BCUT2D eigenvalue weighted by molar-refractivity contribution is 5.77. The fourth-order valence-corrected chi connectivity index (χ4v) is 4.86. The van der Waals surface area contributed by atoms with Crippen LogP contribution in [0.25, 0.3) is 16.9 Å². The molecule has 4 heterocycles. The molecule has 0 atom stereocenters. The number of alkyl halides is 3. The van der Waals surface area contributed by atoms with Crippen molar-refractivity contribution in [2.75, 3.05) is 18.5 Å². The van der Waals surface area contributed by atoms with Gasteiger partial charge in [-0.05, 0) is 61.2 Å². The molecule has 0 radical (unpaired) electrons. The number of pyridine rings is 1. The van der Waals surface area contributed by atoms with Gasteiger partial charge in [-0.3, -0.25) is 4.79 Å². The number of aromatic nitrogens is 5. The van der Waals surface area contributed by atoms with Gasteiger partial charge in [0, 0.05) is 23.8 Å². The van der Waals surface area contributed by atoms with E-state index in [2.05, 4.69) is 25.6 Å². The van der Waals surface area contributed by atoms with E-state index in [4.69, 9.17) is 0 Å². The Labute approximate surface area is 213 Å². The van der Waals surface area contributed by atoms with Crippen molar-refractivity contribution in [1.82, 2.24) is 29.6 Å². The summed E-state index contributed by atoms with van der Waals surface area (Å²) in [7, 11) is 0. The summed E-state index contributed by atoms with van der Waals surface area (Å²) in [6.45, 7) is -0.361. The number of aliphatic hydroxyl groups excluding tert-OH is 1. The number of rotatable bonds is 6. The van der Waals surface area contributed by atoms with Crippen LogP contribution in [0.15, 0.2) is 41.3 Å². The van der Waals surface area contributed by atoms with Crippen LogP contribution in [-0.4, -0.2) is 48.8 Å². The molecule has 13 heteroatoms. The largest absolute Gasteiger partial charge is 0.408 e. The first-order chi connectivity index (χ1) is 18.2. The highest BCUT2D eigenvalue weighted by Gasteiger charge is 2.47. The SMILES string of the molecule is O=c1c2cnc(Nc3ccc4c(c3)CNCC4)nc2n(-c2ccc(F)c(C3(CO)CC3)n2)n1CC(F)(F)F. The second-order valence-corrected chi connectivity index (χ2v) is 9.69. The highest BCUT2D eigenvalue weighted by Crippen LogP contribution is 2.47. The van der Waals surface area contributed by atoms with Gasteiger partial charge in [0.2, 0.25) is 5.95 Å². The van der Waals surface area contributed by atoms with Crippen molar-refractivity contribution in [2.24, 2.45) is 0 Å². The molecular formula is C25H23F4N7O2. The lowest BCUT2D eigenvalue weighted by atomic mass is 10.0. The number of aliphatic hydroxyl groups is 1. The predicted octanol–water partition coefficient (Wildman–Crippen LogP) is 3.09. The molecule has 0 spiro atoms. The molecular weight excluding hydrogens is 506 g/mol. The Balaban J connectivity index is 1.48. The van der Waals surface area contributed by atoms with Gasteiger partial charge in [-0.15, -0.1) is 0 Å². The average Bonchev–Trinajstić information content (AvgIpc) is 3.64. The first-order valence-electron chi connectivity index (χ1n) is 12.1. The summed E-state index contributed by atoms with van der Waals surface area (Å²) >= 11 is 0. The summed E-state index contributed by atoms with van der Waals surface area (Å²) in [4.78, 5) is 25.8. The maximum absolute atomic E-state index is 14.7. The molecule has 1 aliphatic heterocycles. The van der Waals surface area contributed by atoms with Crippen molar-refractivity contribution in [3.63, 3.8) is 0 Å². The first-order valence-corrected chi connectivity index (χ1v) is 12.1. The number of anilines is 2. The molecule has 4 aromatic rings. The van der Waals surface area contributed by atoms with Crippen LogP contribution in [0.5, 0.6) is 0 Å². The second kappa shape index (κ2) is 8.88. The van der Waals surface area contributed by atoms with E-state index >= 15 is 0 Å². The number of hydrogen-bond donors (Lipinski definition) is 3. The number of nitrogens with one attached hydrogen (secondary N) is 2. The molecule has 9 nitrogen and oxygen atoms in total. The minimum absolute atomic E-state index is 0.0552. The second-order valence-electron chi connectivity index (χ2n) is 9.69. The number of fused-ring (bicyclic) bond motifs is 2. The van der Waals surface area contributed by atoms with Crippen molar-refractivity contribution < 1.29 is 22.7 Å². The van der Waals surface area contributed by atoms with Gasteiger partial charge in [0.25, 0.3) is 5.56 Å². The molecule has 1 fully saturated rings. The molecule has 1 aliphatic carbocycles. The van der Waals surface area contributed by atoms with Gasteiger partial charge in [0.1, 0.15) is 17.7 Å². The van der Waals surface area contributed by atoms with E-state index in [1.165, 1.54) is 11.6 Å². The third-order valence-corrected chi connectivity index (χ3v) is 7.06. The van der Waals surface area contributed by atoms with Gasteiger partial charge in [-0.2, -0.15) is 18.2 Å². The van der Waals surface area contributed by atoms with Gasteiger partial charge in [-0.25, -0.2) is 23.7 Å². The Morgan fingerprint density at radius 1 is 1.13 bits per heavy atom. The van der Waals surface area contributed by atoms with Crippen molar-refractivity contribution in [2.45, 2.75) is 43.9 Å². The maximum Gasteiger partial charge on any atom is 0.408 e. The zero-order chi connectivity index (χ0) is 26.7. The number of hydrogen-bond acceptors (Lipinski definition) is 7. The maximum atomic E-state index is 14.7. The van der Waals surface area contributed by atoms with Crippen LogP contribution in [-0.2, 0) is 24.9 Å². The van der Waals surface area contributed by atoms with E-state index in [0.29, 0.717) is 29.8 Å². The molecule has 38 heavy (non-hydrogen) atoms. The summed E-state index contributed by atoms with van der Waals surface area (Å²) < 4.78 is 56.6. The van der Waals surface area contributed by atoms with E-state index < -0.39 is 29.5 Å². The van der Waals surface area contributed by atoms with Crippen LogP contribution >= 0.6 is 0 Å². The van der Waals surface area contributed by atoms with Crippen molar-refractivity contribution in [1.29, 1.82) is 0 Å². The smallest absolute Gasteiger partial charge is 0.395 e. The van der Waals surface area contributed by atoms with Crippen LogP contribution in [0.2, 0.25) is 0 Å². The average molecular weight is 529 g/mol. The molecule has 0 unspecified atom stereocenters. The van der Waals surface area contributed by atoms with Gasteiger partial charge < -0.3 is 15.7 Å². The fourth-order valence-electron chi connectivity index (χ4n) is 4.86. The summed E-state index contributed by atoms with van der Waals surface area (Å²) in [5, 5.41) is 16.0. The lowest BCUT2D eigenvalue weighted by Crippen LogP contribution is -2.30. The van der Waals surface area contributed by atoms with Crippen LogP contribution in [0.4, 0.5) is 29.2 Å². The molecule has 1 aromatic carbocycles. The summed E-state index contributed by atoms with van der Waals surface area (Å²) in [6, 6.07) is 8.05. The first kappa shape index (κ1) is 24.5. The molecule has 0 saturated heterocycles. The number of halogens is 4. The third-order valence-electron chi connectivity index (χ3n) is 7.06. The molecule has 3 N–H and O–H groups in total. The van der Waals surface area contributed by atoms with E-state index in [1.807, 2.05) is 18.2 Å². The molecule has 6 rings (SSSR count). The topological polar surface area (TPSA) is 110 Å². The van der Waals surface area contributed by atoms with Gasteiger partial charge in [-0.1, -0.05) is 6.07 Å². The zero-order valence-electron chi connectivity index (χ0n) is 20.0. The minimum atomic E-state index is -4.73. The molecule has 1 saturated carbocycles. The quantitative estimate of drug-likeness (QED) is 0.330. The van der Waals surface area contributed by atoms with Crippen LogP contribution in [0, 0.1) is 5.82 Å². The summed E-state index contributed by atoms with van der Waals surface area (Å²) in [6.07, 6.45) is -1.68. The normalized spacial score (nSPS) is 16.4. The number of nitrogens with zero attached hydrogens (tertiary/aromatic N) is 5.